The third-order valence-electron chi connectivity index (χ3n) is 2.98. The number of amides is 1. The van der Waals surface area contributed by atoms with Crippen molar-refractivity contribution in [3.8, 4) is 11.5 Å². The van der Waals surface area contributed by atoms with Crippen LogP contribution in [0.15, 0.2) is 61.2 Å². The largest absolute Gasteiger partial charge is 0.453 e. The summed E-state index contributed by atoms with van der Waals surface area (Å²) in [6, 6.07) is 10.5. The number of ether oxygens (including phenoxy) is 1. The van der Waals surface area contributed by atoms with E-state index in [4.69, 9.17) is 4.74 Å². The molecule has 6 nitrogen and oxygen atoms in total. The molecular formula is C16H14N4O2. The molecule has 3 aromatic rings. The molecule has 0 saturated carbocycles. The Morgan fingerprint density at radius 3 is 2.68 bits per heavy atom. The monoisotopic (exact) mass is 294 g/mol. The van der Waals surface area contributed by atoms with Crippen molar-refractivity contribution < 1.29 is 9.53 Å². The van der Waals surface area contributed by atoms with E-state index in [0.29, 0.717) is 22.7 Å². The number of aryl methyl sites for hydroxylation is 1. The van der Waals surface area contributed by atoms with Crippen molar-refractivity contribution >= 4 is 11.6 Å². The maximum Gasteiger partial charge on any atom is 0.259 e. The topological polar surface area (TPSA) is 69.0 Å². The highest BCUT2D eigenvalue weighted by atomic mass is 16.5. The lowest BCUT2D eigenvalue weighted by Crippen LogP contribution is -2.12. The van der Waals surface area contributed by atoms with Gasteiger partial charge in [0.25, 0.3) is 5.91 Å². The fraction of sp³-hybridized carbons (Fsp3) is 0.0625. The van der Waals surface area contributed by atoms with Gasteiger partial charge in [0.15, 0.2) is 5.75 Å². The number of aromatic nitrogens is 3. The molecule has 1 amide bonds. The van der Waals surface area contributed by atoms with E-state index in [1.54, 1.807) is 66.8 Å². The average molecular weight is 294 g/mol. The van der Waals surface area contributed by atoms with Gasteiger partial charge in [-0.25, -0.2) is 0 Å². The summed E-state index contributed by atoms with van der Waals surface area (Å²) >= 11 is 0. The Morgan fingerprint density at radius 1 is 1.18 bits per heavy atom. The van der Waals surface area contributed by atoms with Gasteiger partial charge in [0.2, 0.25) is 0 Å². The lowest BCUT2D eigenvalue weighted by Gasteiger charge is -2.10. The molecule has 0 aliphatic rings. The molecule has 0 spiro atoms. The number of carbonyl (C=O) groups is 1. The number of nitrogens with zero attached hydrogens (tertiary/aromatic N) is 3. The maximum atomic E-state index is 12.4. The van der Waals surface area contributed by atoms with Crippen molar-refractivity contribution in [3.63, 3.8) is 0 Å². The third kappa shape index (κ3) is 3.12. The van der Waals surface area contributed by atoms with E-state index >= 15 is 0 Å². The summed E-state index contributed by atoms with van der Waals surface area (Å²) in [7, 11) is 1.80. The minimum absolute atomic E-state index is 0.245. The molecule has 22 heavy (non-hydrogen) atoms. The summed E-state index contributed by atoms with van der Waals surface area (Å²) in [5.74, 6) is 0.805. The van der Waals surface area contributed by atoms with Gasteiger partial charge in [-0.2, -0.15) is 5.10 Å². The summed E-state index contributed by atoms with van der Waals surface area (Å²) in [6.45, 7) is 0. The Morgan fingerprint density at radius 2 is 1.95 bits per heavy atom. The van der Waals surface area contributed by atoms with Crippen LogP contribution in [0.1, 0.15) is 10.4 Å². The first kappa shape index (κ1) is 13.8. The molecule has 0 atom stereocenters. The molecule has 2 aromatic heterocycles. The van der Waals surface area contributed by atoms with Gasteiger partial charge in [-0.05, 0) is 24.3 Å². The van der Waals surface area contributed by atoms with Crippen molar-refractivity contribution in [2.75, 3.05) is 5.32 Å². The Hall–Kier alpha value is -3.15. The Bertz CT molecular complexity index is 784. The van der Waals surface area contributed by atoms with E-state index in [1.807, 2.05) is 6.07 Å². The average Bonchev–Trinajstić information content (AvgIpc) is 2.94. The summed E-state index contributed by atoms with van der Waals surface area (Å²) in [5.41, 5.74) is 1.12. The van der Waals surface area contributed by atoms with Crippen LogP contribution in [-0.4, -0.2) is 20.7 Å². The smallest absolute Gasteiger partial charge is 0.259 e. The van der Waals surface area contributed by atoms with Crippen LogP contribution >= 0.6 is 0 Å². The van der Waals surface area contributed by atoms with E-state index in [0.717, 1.165) is 0 Å². The van der Waals surface area contributed by atoms with Crippen LogP contribution in [0.4, 0.5) is 5.69 Å². The standard InChI is InChI=1S/C16H14N4O2/c1-20-11-13(10-18-20)22-15-5-3-2-4-14(15)16(21)19-12-6-8-17-9-7-12/h2-11H,1H3,(H,17,19,21). The third-order valence-corrected chi connectivity index (χ3v) is 2.98. The van der Waals surface area contributed by atoms with Crippen LogP contribution in [0, 0.1) is 0 Å². The second kappa shape index (κ2) is 6.09. The van der Waals surface area contributed by atoms with E-state index in [9.17, 15) is 4.79 Å². The van der Waals surface area contributed by atoms with Gasteiger partial charge in [0.1, 0.15) is 5.75 Å². The van der Waals surface area contributed by atoms with Gasteiger partial charge in [-0.1, -0.05) is 12.1 Å². The highest BCUT2D eigenvalue weighted by molar-refractivity contribution is 6.06. The van der Waals surface area contributed by atoms with Crippen LogP contribution < -0.4 is 10.1 Å². The molecule has 0 aliphatic heterocycles. The highest BCUT2D eigenvalue weighted by Crippen LogP contribution is 2.25. The molecule has 1 N–H and O–H groups in total. The van der Waals surface area contributed by atoms with E-state index in [-0.39, 0.29) is 5.91 Å². The summed E-state index contributed by atoms with van der Waals surface area (Å²) < 4.78 is 7.37. The molecule has 6 heteroatoms. The Balaban J connectivity index is 1.83. The SMILES string of the molecule is Cn1cc(Oc2ccccc2C(=O)Nc2ccncc2)cn1. The lowest BCUT2D eigenvalue weighted by molar-refractivity contribution is 0.102. The van der Waals surface area contributed by atoms with E-state index in [1.165, 1.54) is 0 Å². The van der Waals surface area contributed by atoms with Crippen molar-refractivity contribution in [2.24, 2.45) is 7.05 Å². The highest BCUT2D eigenvalue weighted by Gasteiger charge is 2.13. The quantitative estimate of drug-likeness (QED) is 0.803. The number of hydrogen-bond acceptors (Lipinski definition) is 4. The Labute approximate surface area is 127 Å². The van der Waals surface area contributed by atoms with Gasteiger partial charge < -0.3 is 10.1 Å². The molecule has 0 bridgehead atoms. The number of hydrogen-bond donors (Lipinski definition) is 1. The molecule has 1 aromatic carbocycles. The number of benzene rings is 1. The van der Waals surface area contributed by atoms with Crippen LogP contribution in [0.25, 0.3) is 0 Å². The van der Waals surface area contributed by atoms with Crippen molar-refractivity contribution in [1.82, 2.24) is 14.8 Å². The van der Waals surface area contributed by atoms with Gasteiger partial charge in [0, 0.05) is 25.1 Å². The molecule has 0 aliphatic carbocycles. The van der Waals surface area contributed by atoms with Crippen molar-refractivity contribution in [2.45, 2.75) is 0 Å². The number of para-hydroxylation sites is 1. The summed E-state index contributed by atoms with van der Waals surface area (Å²) in [6.07, 6.45) is 6.57. The first-order valence-corrected chi connectivity index (χ1v) is 6.69. The van der Waals surface area contributed by atoms with Gasteiger partial charge in [0.05, 0.1) is 18.0 Å². The van der Waals surface area contributed by atoms with E-state index in [2.05, 4.69) is 15.4 Å². The zero-order valence-corrected chi connectivity index (χ0v) is 11.9. The minimum atomic E-state index is -0.245. The molecule has 3 rings (SSSR count). The number of anilines is 1. The van der Waals surface area contributed by atoms with Crippen molar-refractivity contribution in [1.29, 1.82) is 0 Å². The predicted molar refractivity (Wildman–Crippen MR) is 81.9 cm³/mol. The fourth-order valence-electron chi connectivity index (χ4n) is 1.96. The van der Waals surface area contributed by atoms with Gasteiger partial charge in [-0.3, -0.25) is 14.5 Å². The maximum absolute atomic E-state index is 12.4. The van der Waals surface area contributed by atoms with Crippen LogP contribution in [0.2, 0.25) is 0 Å². The van der Waals surface area contributed by atoms with Crippen molar-refractivity contribution in [3.05, 3.63) is 66.7 Å². The zero-order chi connectivity index (χ0) is 15.4. The lowest BCUT2D eigenvalue weighted by atomic mass is 10.2. The number of pyridine rings is 1. The first-order chi connectivity index (χ1) is 10.7. The van der Waals surface area contributed by atoms with Gasteiger partial charge in [-0.15, -0.1) is 0 Å². The second-order valence-corrected chi connectivity index (χ2v) is 4.64. The number of rotatable bonds is 4. The minimum Gasteiger partial charge on any atom is -0.453 e. The molecule has 0 unspecified atom stereocenters. The molecule has 0 radical (unpaired) electrons. The summed E-state index contributed by atoms with van der Waals surface area (Å²) in [5, 5.41) is 6.85. The predicted octanol–water partition coefficient (Wildman–Crippen LogP) is 2.86. The Kier molecular flexibility index (Phi) is 3.82. The molecule has 110 valence electrons. The van der Waals surface area contributed by atoms with E-state index < -0.39 is 0 Å². The first-order valence-electron chi connectivity index (χ1n) is 6.69. The van der Waals surface area contributed by atoms with Crippen LogP contribution in [0.5, 0.6) is 11.5 Å². The van der Waals surface area contributed by atoms with Crippen LogP contribution in [0.3, 0.4) is 0 Å². The van der Waals surface area contributed by atoms with Crippen LogP contribution in [-0.2, 0) is 7.05 Å². The molecule has 2 heterocycles. The summed E-state index contributed by atoms with van der Waals surface area (Å²) in [4.78, 5) is 16.3. The molecular weight excluding hydrogens is 280 g/mol. The molecule has 0 saturated heterocycles. The second-order valence-electron chi connectivity index (χ2n) is 4.64. The number of nitrogens with one attached hydrogen (secondary N) is 1. The zero-order valence-electron chi connectivity index (χ0n) is 11.9. The fourth-order valence-corrected chi connectivity index (χ4v) is 1.96. The normalized spacial score (nSPS) is 10.2. The van der Waals surface area contributed by atoms with Gasteiger partial charge >= 0.3 is 0 Å². The number of carbonyl (C=O) groups excluding carboxylic acids is 1. The molecule has 0 fully saturated rings.